The van der Waals surface area contributed by atoms with Gasteiger partial charge in [0.05, 0.1) is 5.60 Å². The van der Waals surface area contributed by atoms with Crippen LogP contribution in [0, 0.1) is 0 Å². The maximum absolute atomic E-state index is 10.7. The van der Waals surface area contributed by atoms with Gasteiger partial charge in [-0.3, -0.25) is 4.90 Å². The fourth-order valence-electron chi connectivity index (χ4n) is 1.55. The summed E-state index contributed by atoms with van der Waals surface area (Å²) in [6, 6.07) is -1.36. The van der Waals surface area contributed by atoms with E-state index in [4.69, 9.17) is 10.2 Å². The number of amides is 1. The normalized spacial score (nSPS) is 33.4. The predicted molar refractivity (Wildman–Crippen MR) is 41.4 cm³/mol. The average molecular weight is 189 g/mol. The lowest BCUT2D eigenvalue weighted by atomic mass is 9.97. The molecular weight excluding hydrogens is 178 g/mol. The van der Waals surface area contributed by atoms with Gasteiger partial charge in [0.2, 0.25) is 0 Å². The summed E-state index contributed by atoms with van der Waals surface area (Å²) < 4.78 is 0. The molecule has 0 aromatic carbocycles. The Labute approximate surface area is 74.4 Å². The molecule has 1 heterocycles. The summed E-state index contributed by atoms with van der Waals surface area (Å²) in [5, 5.41) is 26.9. The maximum atomic E-state index is 10.7. The molecule has 0 aliphatic carbocycles. The Morgan fingerprint density at radius 1 is 1.46 bits per heavy atom. The monoisotopic (exact) mass is 189 g/mol. The molecule has 1 amide bonds. The van der Waals surface area contributed by atoms with Crippen LogP contribution in [0.5, 0.6) is 0 Å². The zero-order valence-electron chi connectivity index (χ0n) is 7.10. The molecule has 2 unspecified atom stereocenters. The highest BCUT2D eigenvalue weighted by Gasteiger charge is 2.49. The van der Waals surface area contributed by atoms with Gasteiger partial charge in [0.15, 0.2) is 6.04 Å². The largest absolute Gasteiger partial charge is 0.480 e. The first-order valence-corrected chi connectivity index (χ1v) is 3.81. The van der Waals surface area contributed by atoms with Crippen LogP contribution in [0.4, 0.5) is 4.79 Å². The number of carboxylic acids is 1. The maximum Gasteiger partial charge on any atom is 0.408 e. The van der Waals surface area contributed by atoms with Gasteiger partial charge in [0, 0.05) is 6.54 Å². The van der Waals surface area contributed by atoms with Gasteiger partial charge in [-0.15, -0.1) is 0 Å². The molecule has 1 aliphatic rings. The molecular formula is C7H11NO5. The van der Waals surface area contributed by atoms with E-state index < -0.39 is 23.7 Å². The fraction of sp³-hybridized carbons (Fsp3) is 0.714. The lowest BCUT2D eigenvalue weighted by Gasteiger charge is -2.25. The zero-order valence-corrected chi connectivity index (χ0v) is 7.10. The Balaban J connectivity index is 2.92. The number of nitrogens with zero attached hydrogens (tertiary/aromatic N) is 1. The first kappa shape index (κ1) is 9.79. The molecule has 1 rings (SSSR count). The van der Waals surface area contributed by atoms with Crippen molar-refractivity contribution in [2.24, 2.45) is 0 Å². The van der Waals surface area contributed by atoms with E-state index in [9.17, 15) is 14.7 Å². The third kappa shape index (κ3) is 1.57. The van der Waals surface area contributed by atoms with Gasteiger partial charge >= 0.3 is 12.1 Å². The van der Waals surface area contributed by atoms with Crippen molar-refractivity contribution in [3.63, 3.8) is 0 Å². The lowest BCUT2D eigenvalue weighted by Crippen LogP contribution is -2.49. The Morgan fingerprint density at radius 3 is 2.31 bits per heavy atom. The number of carbonyl (C=O) groups is 2. The van der Waals surface area contributed by atoms with Gasteiger partial charge in [-0.05, 0) is 13.3 Å². The van der Waals surface area contributed by atoms with Gasteiger partial charge < -0.3 is 15.3 Å². The third-order valence-corrected chi connectivity index (χ3v) is 2.24. The summed E-state index contributed by atoms with van der Waals surface area (Å²) in [5.41, 5.74) is -1.47. The second-order valence-corrected chi connectivity index (χ2v) is 3.32. The van der Waals surface area contributed by atoms with E-state index in [1.54, 1.807) is 0 Å². The summed E-state index contributed by atoms with van der Waals surface area (Å²) in [6.45, 7) is 1.38. The summed E-state index contributed by atoms with van der Waals surface area (Å²) >= 11 is 0. The SMILES string of the molecule is CC1(O)CCN(C(=O)O)C1C(=O)O. The Hall–Kier alpha value is -1.30. The molecule has 0 aromatic heterocycles. The number of carboxylic acid groups (broad SMARTS) is 2. The Bertz CT molecular complexity index is 249. The molecule has 0 radical (unpaired) electrons. The molecule has 74 valence electrons. The van der Waals surface area contributed by atoms with E-state index in [2.05, 4.69) is 0 Å². The molecule has 2 atom stereocenters. The fourth-order valence-corrected chi connectivity index (χ4v) is 1.55. The topological polar surface area (TPSA) is 98.1 Å². The van der Waals surface area contributed by atoms with Crippen LogP contribution in [-0.2, 0) is 4.79 Å². The van der Waals surface area contributed by atoms with E-state index in [0.29, 0.717) is 0 Å². The summed E-state index contributed by atoms with van der Waals surface area (Å²) in [4.78, 5) is 22.0. The van der Waals surface area contributed by atoms with Crippen LogP contribution in [0.3, 0.4) is 0 Å². The quantitative estimate of drug-likeness (QED) is 0.520. The highest BCUT2D eigenvalue weighted by molar-refractivity contribution is 5.81. The van der Waals surface area contributed by atoms with Crippen molar-refractivity contribution in [1.82, 2.24) is 4.90 Å². The van der Waals surface area contributed by atoms with E-state index in [1.165, 1.54) is 6.92 Å². The number of aliphatic carboxylic acids is 1. The number of rotatable bonds is 1. The average Bonchev–Trinajstić information content (AvgIpc) is 2.24. The van der Waals surface area contributed by atoms with Gasteiger partial charge in [0.25, 0.3) is 0 Å². The highest BCUT2D eigenvalue weighted by Crippen LogP contribution is 2.28. The van der Waals surface area contributed by atoms with Gasteiger partial charge in [-0.1, -0.05) is 0 Å². The van der Waals surface area contributed by atoms with Gasteiger partial charge in [-0.25, -0.2) is 9.59 Å². The summed E-state index contributed by atoms with van der Waals surface area (Å²) in [7, 11) is 0. The number of likely N-dealkylation sites (tertiary alicyclic amines) is 1. The lowest BCUT2D eigenvalue weighted by molar-refractivity contribution is -0.147. The Morgan fingerprint density at radius 2 is 2.00 bits per heavy atom. The summed E-state index contributed by atoms with van der Waals surface area (Å²) in [6.07, 6.45) is -1.17. The molecule has 1 aliphatic heterocycles. The van der Waals surface area contributed by atoms with Crippen LogP contribution in [-0.4, -0.2) is 50.5 Å². The van der Waals surface area contributed by atoms with E-state index in [-0.39, 0.29) is 13.0 Å². The van der Waals surface area contributed by atoms with Crippen LogP contribution in [0.2, 0.25) is 0 Å². The molecule has 6 heteroatoms. The second kappa shape index (κ2) is 2.88. The molecule has 1 saturated heterocycles. The third-order valence-electron chi connectivity index (χ3n) is 2.24. The van der Waals surface area contributed by atoms with Crippen LogP contribution in [0.25, 0.3) is 0 Å². The molecule has 6 nitrogen and oxygen atoms in total. The van der Waals surface area contributed by atoms with Crippen molar-refractivity contribution < 1.29 is 24.9 Å². The van der Waals surface area contributed by atoms with E-state index >= 15 is 0 Å². The molecule has 0 aromatic rings. The molecule has 0 bridgehead atoms. The van der Waals surface area contributed by atoms with E-state index in [0.717, 1.165) is 4.90 Å². The smallest absolute Gasteiger partial charge is 0.408 e. The molecule has 3 N–H and O–H groups in total. The van der Waals surface area contributed by atoms with Gasteiger partial charge in [0.1, 0.15) is 0 Å². The van der Waals surface area contributed by atoms with Crippen molar-refractivity contribution in [3.8, 4) is 0 Å². The van der Waals surface area contributed by atoms with Crippen LogP contribution < -0.4 is 0 Å². The van der Waals surface area contributed by atoms with E-state index in [1.807, 2.05) is 0 Å². The van der Waals surface area contributed by atoms with Crippen molar-refractivity contribution in [2.45, 2.75) is 25.0 Å². The predicted octanol–water partition coefficient (Wildman–Crippen LogP) is -0.426. The van der Waals surface area contributed by atoms with Crippen molar-refractivity contribution >= 4 is 12.1 Å². The van der Waals surface area contributed by atoms with Crippen molar-refractivity contribution in [3.05, 3.63) is 0 Å². The first-order chi connectivity index (χ1) is 5.86. The second-order valence-electron chi connectivity index (χ2n) is 3.32. The van der Waals surface area contributed by atoms with Crippen LogP contribution in [0.1, 0.15) is 13.3 Å². The molecule has 1 fully saturated rings. The van der Waals surface area contributed by atoms with Gasteiger partial charge in [-0.2, -0.15) is 0 Å². The minimum absolute atomic E-state index is 0.0549. The van der Waals surface area contributed by atoms with Crippen molar-refractivity contribution in [2.75, 3.05) is 6.54 Å². The molecule has 13 heavy (non-hydrogen) atoms. The number of hydrogen-bond donors (Lipinski definition) is 3. The number of hydrogen-bond acceptors (Lipinski definition) is 3. The van der Waals surface area contributed by atoms with Crippen LogP contribution in [0.15, 0.2) is 0 Å². The van der Waals surface area contributed by atoms with Crippen LogP contribution >= 0.6 is 0 Å². The minimum atomic E-state index is -1.47. The first-order valence-electron chi connectivity index (χ1n) is 3.81. The number of aliphatic hydroxyl groups is 1. The van der Waals surface area contributed by atoms with Crippen molar-refractivity contribution in [1.29, 1.82) is 0 Å². The summed E-state index contributed by atoms with van der Waals surface area (Å²) in [5.74, 6) is -1.31. The highest BCUT2D eigenvalue weighted by atomic mass is 16.4. The minimum Gasteiger partial charge on any atom is -0.480 e. The Kier molecular flexibility index (Phi) is 2.17. The molecule has 0 saturated carbocycles. The molecule has 0 spiro atoms. The standard InChI is InChI=1S/C7H11NO5/c1-7(13)2-3-8(6(11)12)4(7)5(9)10/h4,13H,2-3H2,1H3,(H,9,10)(H,11,12). The zero-order chi connectivity index (χ0) is 10.2.